The average molecular weight is 248 g/mol. The first-order valence-electron chi connectivity index (χ1n) is 6.59. The summed E-state index contributed by atoms with van der Waals surface area (Å²) >= 11 is 0. The van der Waals surface area contributed by atoms with E-state index in [0.717, 1.165) is 30.6 Å². The van der Waals surface area contributed by atoms with E-state index in [2.05, 4.69) is 38.1 Å². The molecule has 0 aliphatic heterocycles. The van der Waals surface area contributed by atoms with Crippen molar-refractivity contribution in [1.82, 2.24) is 0 Å². The second-order valence-electron chi connectivity index (χ2n) is 4.87. The molecular formula is C16H24O2. The van der Waals surface area contributed by atoms with E-state index in [9.17, 15) is 0 Å². The Morgan fingerprint density at radius 1 is 1.39 bits per heavy atom. The minimum Gasteiger partial charge on any atom is -0.496 e. The van der Waals surface area contributed by atoms with Crippen molar-refractivity contribution in [2.24, 2.45) is 5.92 Å². The quantitative estimate of drug-likeness (QED) is 0.743. The molecule has 100 valence electrons. The van der Waals surface area contributed by atoms with Crippen LogP contribution in [0.3, 0.4) is 0 Å². The molecule has 18 heavy (non-hydrogen) atoms. The van der Waals surface area contributed by atoms with Crippen molar-refractivity contribution in [2.45, 2.75) is 33.1 Å². The molecule has 1 atom stereocenters. The minimum atomic E-state index is 0.287. The number of hydrogen-bond acceptors (Lipinski definition) is 2. The Kier molecular flexibility index (Phi) is 6.51. The first-order valence-corrected chi connectivity index (χ1v) is 6.59. The molecule has 0 aromatic heterocycles. The molecule has 0 unspecified atom stereocenters. The summed E-state index contributed by atoms with van der Waals surface area (Å²) in [5.41, 5.74) is 2.37. The molecule has 0 saturated carbocycles. The first-order chi connectivity index (χ1) is 8.67. The zero-order valence-electron chi connectivity index (χ0n) is 11.6. The van der Waals surface area contributed by atoms with Crippen LogP contribution in [0.4, 0.5) is 0 Å². The van der Waals surface area contributed by atoms with E-state index in [4.69, 9.17) is 9.84 Å². The molecule has 2 heteroatoms. The number of unbranched alkanes of at least 4 members (excludes halogenated alkanes) is 1. The first kappa shape index (κ1) is 14.8. The highest BCUT2D eigenvalue weighted by Gasteiger charge is 2.00. The summed E-state index contributed by atoms with van der Waals surface area (Å²) in [5.74, 6) is 1.33. The molecule has 1 rings (SSSR count). The summed E-state index contributed by atoms with van der Waals surface area (Å²) in [4.78, 5) is 0. The van der Waals surface area contributed by atoms with Gasteiger partial charge < -0.3 is 9.84 Å². The summed E-state index contributed by atoms with van der Waals surface area (Å²) in [6.45, 7) is 4.45. The number of ether oxygens (including phenoxy) is 1. The van der Waals surface area contributed by atoms with Crippen LogP contribution in [0.1, 0.15) is 37.3 Å². The fourth-order valence-electron chi connectivity index (χ4n) is 1.87. The van der Waals surface area contributed by atoms with Gasteiger partial charge in [-0.05, 0) is 44.2 Å². The van der Waals surface area contributed by atoms with Gasteiger partial charge in [-0.25, -0.2) is 0 Å². The molecule has 0 aliphatic carbocycles. The maximum Gasteiger partial charge on any atom is 0.126 e. The molecule has 0 amide bonds. The Balaban J connectivity index is 2.48. The van der Waals surface area contributed by atoms with E-state index in [-0.39, 0.29) is 6.61 Å². The summed E-state index contributed by atoms with van der Waals surface area (Å²) in [5, 5.41) is 8.93. The van der Waals surface area contributed by atoms with Crippen molar-refractivity contribution in [3.05, 3.63) is 35.4 Å². The molecule has 0 bridgehead atoms. The van der Waals surface area contributed by atoms with Crippen LogP contribution in [0, 0.1) is 12.8 Å². The maximum absolute atomic E-state index is 8.93. The predicted molar refractivity (Wildman–Crippen MR) is 76.9 cm³/mol. The van der Waals surface area contributed by atoms with E-state index < -0.39 is 0 Å². The second-order valence-corrected chi connectivity index (χ2v) is 4.87. The second kappa shape index (κ2) is 7.93. The SMILES string of the molecule is COc1ccc(C)cc1/C=C/CCC[C@H](C)CO. The number of methoxy groups -OCH3 is 1. The van der Waals surface area contributed by atoms with Gasteiger partial charge in [0.1, 0.15) is 5.75 Å². The van der Waals surface area contributed by atoms with Crippen LogP contribution in [0.25, 0.3) is 6.08 Å². The van der Waals surface area contributed by atoms with Gasteiger partial charge in [-0.1, -0.05) is 30.7 Å². The van der Waals surface area contributed by atoms with Crippen molar-refractivity contribution in [2.75, 3.05) is 13.7 Å². The Bertz CT molecular complexity index is 383. The lowest BCUT2D eigenvalue weighted by molar-refractivity contribution is 0.228. The molecule has 0 spiro atoms. The van der Waals surface area contributed by atoms with Gasteiger partial charge in [0.15, 0.2) is 0 Å². The van der Waals surface area contributed by atoms with Gasteiger partial charge in [-0.15, -0.1) is 0 Å². The highest BCUT2D eigenvalue weighted by molar-refractivity contribution is 5.58. The van der Waals surface area contributed by atoms with E-state index in [1.807, 2.05) is 6.07 Å². The zero-order chi connectivity index (χ0) is 13.4. The van der Waals surface area contributed by atoms with Gasteiger partial charge in [0, 0.05) is 12.2 Å². The fourth-order valence-corrected chi connectivity index (χ4v) is 1.87. The van der Waals surface area contributed by atoms with Crippen LogP contribution in [0.2, 0.25) is 0 Å². The average Bonchev–Trinajstić information content (AvgIpc) is 2.38. The van der Waals surface area contributed by atoms with Gasteiger partial charge >= 0.3 is 0 Å². The third kappa shape index (κ3) is 4.92. The zero-order valence-corrected chi connectivity index (χ0v) is 11.6. The fraction of sp³-hybridized carbons (Fsp3) is 0.500. The summed E-state index contributed by atoms with van der Waals surface area (Å²) in [7, 11) is 1.70. The minimum absolute atomic E-state index is 0.287. The summed E-state index contributed by atoms with van der Waals surface area (Å²) in [6, 6.07) is 6.19. The molecule has 0 aliphatic rings. The normalized spacial score (nSPS) is 12.9. The van der Waals surface area contributed by atoms with Crippen LogP contribution >= 0.6 is 0 Å². The Morgan fingerprint density at radius 3 is 2.83 bits per heavy atom. The number of benzene rings is 1. The van der Waals surface area contributed by atoms with Crippen molar-refractivity contribution in [3.8, 4) is 5.75 Å². The molecule has 1 N–H and O–H groups in total. The molecule has 2 nitrogen and oxygen atoms in total. The van der Waals surface area contributed by atoms with Crippen molar-refractivity contribution < 1.29 is 9.84 Å². The van der Waals surface area contributed by atoms with E-state index in [0.29, 0.717) is 5.92 Å². The van der Waals surface area contributed by atoms with Crippen molar-refractivity contribution in [1.29, 1.82) is 0 Å². The number of rotatable bonds is 7. The van der Waals surface area contributed by atoms with Crippen LogP contribution < -0.4 is 4.74 Å². The van der Waals surface area contributed by atoms with Crippen LogP contribution in [-0.4, -0.2) is 18.8 Å². The number of aliphatic hydroxyl groups excluding tert-OH is 1. The number of aliphatic hydroxyl groups is 1. The van der Waals surface area contributed by atoms with Crippen molar-refractivity contribution >= 4 is 6.08 Å². The number of hydrogen-bond donors (Lipinski definition) is 1. The van der Waals surface area contributed by atoms with Crippen LogP contribution in [0.5, 0.6) is 5.75 Å². The van der Waals surface area contributed by atoms with Gasteiger partial charge in [0.05, 0.1) is 7.11 Å². The lowest BCUT2D eigenvalue weighted by Gasteiger charge is -2.06. The Morgan fingerprint density at radius 2 is 2.17 bits per heavy atom. The number of aryl methyl sites for hydroxylation is 1. The molecule has 0 fully saturated rings. The van der Waals surface area contributed by atoms with E-state index >= 15 is 0 Å². The summed E-state index contributed by atoms with van der Waals surface area (Å²) < 4.78 is 5.33. The smallest absolute Gasteiger partial charge is 0.126 e. The van der Waals surface area contributed by atoms with E-state index in [1.165, 1.54) is 5.56 Å². The lowest BCUT2D eigenvalue weighted by atomic mass is 10.0. The molecule has 0 radical (unpaired) electrons. The monoisotopic (exact) mass is 248 g/mol. The third-order valence-electron chi connectivity index (χ3n) is 3.06. The molecule has 0 heterocycles. The van der Waals surface area contributed by atoms with Gasteiger partial charge in [0.25, 0.3) is 0 Å². The van der Waals surface area contributed by atoms with Gasteiger partial charge in [0.2, 0.25) is 0 Å². The predicted octanol–water partition coefficient (Wildman–Crippen LogP) is 3.82. The van der Waals surface area contributed by atoms with Crippen molar-refractivity contribution in [3.63, 3.8) is 0 Å². The third-order valence-corrected chi connectivity index (χ3v) is 3.06. The highest BCUT2D eigenvalue weighted by Crippen LogP contribution is 2.21. The molecule has 0 saturated heterocycles. The topological polar surface area (TPSA) is 29.5 Å². The van der Waals surface area contributed by atoms with Crippen LogP contribution in [0.15, 0.2) is 24.3 Å². The maximum atomic E-state index is 8.93. The number of allylic oxidation sites excluding steroid dienone is 1. The molecular weight excluding hydrogens is 224 g/mol. The molecule has 1 aromatic carbocycles. The Hall–Kier alpha value is -1.28. The van der Waals surface area contributed by atoms with Crippen LogP contribution in [-0.2, 0) is 0 Å². The summed E-state index contributed by atoms with van der Waals surface area (Å²) in [6.07, 6.45) is 7.54. The Labute approximate surface area is 110 Å². The van der Waals surface area contributed by atoms with E-state index in [1.54, 1.807) is 7.11 Å². The lowest BCUT2D eigenvalue weighted by Crippen LogP contribution is -1.99. The molecule has 1 aromatic rings. The largest absolute Gasteiger partial charge is 0.496 e. The highest BCUT2D eigenvalue weighted by atomic mass is 16.5. The van der Waals surface area contributed by atoms with Gasteiger partial charge in [-0.2, -0.15) is 0 Å². The standard InChI is InChI=1S/C16H24O2/c1-13-9-10-16(18-3)15(11-13)8-6-4-5-7-14(2)12-17/h6,8-11,14,17H,4-5,7,12H2,1-3H3/b8-6+/t14-/m0/s1. The van der Waals surface area contributed by atoms with Gasteiger partial charge in [-0.3, -0.25) is 0 Å².